The summed E-state index contributed by atoms with van der Waals surface area (Å²) < 4.78 is 0. The molecular weight excluding hydrogens is 176 g/mol. The summed E-state index contributed by atoms with van der Waals surface area (Å²) in [7, 11) is 0. The van der Waals surface area contributed by atoms with Crippen LogP contribution in [0.25, 0.3) is 0 Å². The van der Waals surface area contributed by atoms with Gasteiger partial charge >= 0.3 is 0 Å². The van der Waals surface area contributed by atoms with Gasteiger partial charge < -0.3 is 11.1 Å². The second kappa shape index (κ2) is 8.75. The van der Waals surface area contributed by atoms with Gasteiger partial charge in [-0.2, -0.15) is 0 Å². The van der Waals surface area contributed by atoms with Gasteiger partial charge in [0, 0.05) is 18.7 Å². The molecule has 0 spiro atoms. The van der Waals surface area contributed by atoms with Crippen LogP contribution in [0.3, 0.4) is 0 Å². The standard InChI is InChI=1S/C11H22N2O/c1-10(6-4-3-5-8-12)13-9-7-11(2)14/h13H,1,3-9,12H2,2H3. The van der Waals surface area contributed by atoms with Crippen molar-refractivity contribution in [2.75, 3.05) is 13.1 Å². The Balaban J connectivity index is 3.24. The van der Waals surface area contributed by atoms with E-state index in [1.54, 1.807) is 6.92 Å². The molecule has 0 aliphatic rings. The van der Waals surface area contributed by atoms with Gasteiger partial charge in [-0.15, -0.1) is 0 Å². The summed E-state index contributed by atoms with van der Waals surface area (Å²) in [5.74, 6) is 0.216. The largest absolute Gasteiger partial charge is 0.388 e. The van der Waals surface area contributed by atoms with E-state index in [0.29, 0.717) is 13.0 Å². The van der Waals surface area contributed by atoms with E-state index < -0.39 is 0 Å². The number of rotatable bonds is 9. The van der Waals surface area contributed by atoms with Crippen molar-refractivity contribution in [3.8, 4) is 0 Å². The molecule has 0 rings (SSSR count). The van der Waals surface area contributed by atoms with E-state index in [4.69, 9.17) is 5.73 Å². The number of carbonyl (C=O) groups is 1. The molecule has 14 heavy (non-hydrogen) atoms. The van der Waals surface area contributed by atoms with E-state index in [9.17, 15) is 4.79 Å². The van der Waals surface area contributed by atoms with Crippen molar-refractivity contribution in [1.29, 1.82) is 0 Å². The van der Waals surface area contributed by atoms with E-state index in [-0.39, 0.29) is 5.78 Å². The summed E-state index contributed by atoms with van der Waals surface area (Å²) in [6.07, 6.45) is 4.94. The number of Topliss-reactive ketones (excluding diaryl/α,β-unsaturated/α-hetero) is 1. The van der Waals surface area contributed by atoms with Crippen LogP contribution in [0.4, 0.5) is 0 Å². The Labute approximate surface area is 86.8 Å². The normalized spacial score (nSPS) is 9.86. The molecule has 0 radical (unpaired) electrons. The molecule has 0 saturated carbocycles. The molecule has 3 nitrogen and oxygen atoms in total. The lowest BCUT2D eigenvalue weighted by molar-refractivity contribution is -0.116. The fourth-order valence-electron chi connectivity index (χ4n) is 1.16. The van der Waals surface area contributed by atoms with Crippen molar-refractivity contribution in [3.63, 3.8) is 0 Å². The lowest BCUT2D eigenvalue weighted by Crippen LogP contribution is -2.16. The first kappa shape index (κ1) is 13.2. The Kier molecular flexibility index (Phi) is 8.24. The molecule has 3 heteroatoms. The third kappa shape index (κ3) is 9.26. The first-order valence-corrected chi connectivity index (χ1v) is 5.28. The molecule has 0 heterocycles. The van der Waals surface area contributed by atoms with Gasteiger partial charge in [-0.1, -0.05) is 13.0 Å². The van der Waals surface area contributed by atoms with E-state index in [2.05, 4.69) is 11.9 Å². The summed E-state index contributed by atoms with van der Waals surface area (Å²) in [5, 5.41) is 3.14. The number of hydrogen-bond acceptors (Lipinski definition) is 3. The van der Waals surface area contributed by atoms with E-state index in [1.807, 2.05) is 0 Å². The smallest absolute Gasteiger partial charge is 0.131 e. The lowest BCUT2D eigenvalue weighted by atomic mass is 10.1. The maximum Gasteiger partial charge on any atom is 0.131 e. The van der Waals surface area contributed by atoms with Crippen LogP contribution in [0, 0.1) is 0 Å². The quantitative estimate of drug-likeness (QED) is 0.553. The molecule has 0 fully saturated rings. The fourth-order valence-corrected chi connectivity index (χ4v) is 1.16. The van der Waals surface area contributed by atoms with Crippen molar-refractivity contribution in [2.24, 2.45) is 5.73 Å². The van der Waals surface area contributed by atoms with Gasteiger partial charge in [0.25, 0.3) is 0 Å². The lowest BCUT2D eigenvalue weighted by Gasteiger charge is -2.07. The number of nitrogens with one attached hydrogen (secondary N) is 1. The molecule has 0 aliphatic heterocycles. The number of unbranched alkanes of at least 4 members (excludes halogenated alkanes) is 2. The monoisotopic (exact) mass is 198 g/mol. The van der Waals surface area contributed by atoms with E-state index in [1.165, 1.54) is 0 Å². The number of ketones is 1. The second-order valence-electron chi connectivity index (χ2n) is 3.58. The van der Waals surface area contributed by atoms with Crippen molar-refractivity contribution in [3.05, 3.63) is 12.3 Å². The van der Waals surface area contributed by atoms with Crippen LogP contribution in [0.2, 0.25) is 0 Å². The molecule has 0 atom stereocenters. The Morgan fingerprint density at radius 3 is 2.57 bits per heavy atom. The van der Waals surface area contributed by atoms with Crippen LogP contribution in [-0.2, 0) is 4.79 Å². The van der Waals surface area contributed by atoms with Crippen LogP contribution in [0.15, 0.2) is 12.3 Å². The Hall–Kier alpha value is -0.830. The fraction of sp³-hybridized carbons (Fsp3) is 0.727. The number of hydrogen-bond donors (Lipinski definition) is 2. The summed E-state index contributed by atoms with van der Waals surface area (Å²) in [6.45, 7) is 6.98. The average Bonchev–Trinajstić information content (AvgIpc) is 2.12. The summed E-state index contributed by atoms with van der Waals surface area (Å²) in [4.78, 5) is 10.6. The van der Waals surface area contributed by atoms with Crippen LogP contribution in [-0.4, -0.2) is 18.9 Å². The SMILES string of the molecule is C=C(CCCCCN)NCCC(C)=O. The Bertz CT molecular complexity index is 178. The number of nitrogens with two attached hydrogens (primary N) is 1. The highest BCUT2D eigenvalue weighted by molar-refractivity contribution is 5.75. The first-order chi connectivity index (χ1) is 6.66. The Morgan fingerprint density at radius 2 is 2.00 bits per heavy atom. The minimum absolute atomic E-state index is 0.216. The molecule has 0 aromatic carbocycles. The highest BCUT2D eigenvalue weighted by atomic mass is 16.1. The highest BCUT2D eigenvalue weighted by Crippen LogP contribution is 2.03. The summed E-state index contributed by atoms with van der Waals surface area (Å²) in [5.41, 5.74) is 6.41. The van der Waals surface area contributed by atoms with E-state index in [0.717, 1.165) is 37.9 Å². The van der Waals surface area contributed by atoms with Crippen molar-refractivity contribution < 1.29 is 4.79 Å². The third-order valence-electron chi connectivity index (χ3n) is 2.03. The summed E-state index contributed by atoms with van der Waals surface area (Å²) >= 11 is 0. The summed E-state index contributed by atoms with van der Waals surface area (Å²) in [6, 6.07) is 0. The highest BCUT2D eigenvalue weighted by Gasteiger charge is 1.95. The van der Waals surface area contributed by atoms with Gasteiger partial charge in [-0.3, -0.25) is 4.79 Å². The maximum atomic E-state index is 10.6. The molecular formula is C11H22N2O. The minimum Gasteiger partial charge on any atom is -0.388 e. The predicted molar refractivity (Wildman–Crippen MR) is 60.0 cm³/mol. The van der Waals surface area contributed by atoms with Crippen molar-refractivity contribution >= 4 is 5.78 Å². The number of carbonyl (C=O) groups excluding carboxylic acids is 1. The molecule has 0 aromatic rings. The molecule has 0 bridgehead atoms. The molecule has 0 saturated heterocycles. The van der Waals surface area contributed by atoms with Crippen LogP contribution >= 0.6 is 0 Å². The van der Waals surface area contributed by atoms with Crippen LogP contribution < -0.4 is 11.1 Å². The molecule has 3 N–H and O–H groups in total. The van der Waals surface area contributed by atoms with Crippen LogP contribution in [0.5, 0.6) is 0 Å². The topological polar surface area (TPSA) is 55.1 Å². The van der Waals surface area contributed by atoms with Gasteiger partial charge in [0.05, 0.1) is 0 Å². The average molecular weight is 198 g/mol. The number of allylic oxidation sites excluding steroid dienone is 1. The van der Waals surface area contributed by atoms with E-state index >= 15 is 0 Å². The zero-order valence-corrected chi connectivity index (χ0v) is 9.14. The van der Waals surface area contributed by atoms with Crippen LogP contribution in [0.1, 0.15) is 39.0 Å². The molecule has 0 unspecified atom stereocenters. The van der Waals surface area contributed by atoms with Gasteiger partial charge in [0.2, 0.25) is 0 Å². The van der Waals surface area contributed by atoms with Gasteiger partial charge in [-0.25, -0.2) is 0 Å². The molecule has 0 amide bonds. The van der Waals surface area contributed by atoms with Gasteiger partial charge in [0.1, 0.15) is 5.78 Å². The zero-order valence-electron chi connectivity index (χ0n) is 9.14. The predicted octanol–water partition coefficient (Wildman–Crippen LogP) is 1.59. The molecule has 0 aliphatic carbocycles. The van der Waals surface area contributed by atoms with Gasteiger partial charge in [-0.05, 0) is 32.7 Å². The Morgan fingerprint density at radius 1 is 1.29 bits per heavy atom. The van der Waals surface area contributed by atoms with Crippen molar-refractivity contribution in [2.45, 2.75) is 39.0 Å². The second-order valence-corrected chi connectivity index (χ2v) is 3.58. The van der Waals surface area contributed by atoms with Crippen molar-refractivity contribution in [1.82, 2.24) is 5.32 Å². The minimum atomic E-state index is 0.216. The molecule has 0 aromatic heterocycles. The zero-order chi connectivity index (χ0) is 10.8. The first-order valence-electron chi connectivity index (χ1n) is 5.28. The third-order valence-corrected chi connectivity index (χ3v) is 2.03. The van der Waals surface area contributed by atoms with Gasteiger partial charge in [0.15, 0.2) is 0 Å². The molecule has 82 valence electrons. The maximum absolute atomic E-state index is 10.6.